The predicted molar refractivity (Wildman–Crippen MR) is 78.2 cm³/mol. The summed E-state index contributed by atoms with van der Waals surface area (Å²) in [6.07, 6.45) is -4.82. The monoisotopic (exact) mass is 381 g/mol. The number of hydrogen-bond acceptors (Lipinski definition) is 5. The van der Waals surface area contributed by atoms with Crippen molar-refractivity contribution >= 4 is 35.0 Å². The topological polar surface area (TPSA) is 91.1 Å². The highest BCUT2D eigenvalue weighted by molar-refractivity contribution is 8.15. The lowest BCUT2D eigenvalue weighted by Gasteiger charge is -2.09. The minimum atomic E-state index is -5.17. The fourth-order valence-electron chi connectivity index (χ4n) is 1.83. The number of benzene rings is 1. The Morgan fingerprint density at radius 1 is 1.32 bits per heavy atom. The third-order valence-electron chi connectivity index (χ3n) is 2.84. The van der Waals surface area contributed by atoms with Crippen molar-refractivity contribution in [1.29, 1.82) is 0 Å². The number of carboxylic acids is 1. The summed E-state index contributed by atoms with van der Waals surface area (Å²) in [5, 5.41) is 16.9. The van der Waals surface area contributed by atoms with Crippen LogP contribution in [0.2, 0.25) is 0 Å². The van der Waals surface area contributed by atoms with Gasteiger partial charge in [-0.1, -0.05) is 11.8 Å². The molecule has 0 saturated carbocycles. The third kappa shape index (κ3) is 4.75. The molecule has 1 saturated heterocycles. The molecule has 0 aromatic heterocycles. The average molecular weight is 381 g/mol. The molecule has 0 spiro atoms. The van der Waals surface area contributed by atoms with E-state index in [0.717, 1.165) is 18.0 Å². The first-order valence-corrected chi connectivity index (χ1v) is 7.32. The van der Waals surface area contributed by atoms with Crippen LogP contribution >= 0.6 is 11.8 Å². The normalized spacial score (nSPS) is 19.6. The highest BCUT2D eigenvalue weighted by Gasteiger charge is 2.37. The van der Waals surface area contributed by atoms with Crippen molar-refractivity contribution in [3.05, 3.63) is 34.9 Å². The van der Waals surface area contributed by atoms with E-state index in [-0.39, 0.29) is 10.7 Å². The zero-order valence-corrected chi connectivity index (χ0v) is 12.8. The van der Waals surface area contributed by atoms with Gasteiger partial charge < -0.3 is 10.4 Å². The van der Waals surface area contributed by atoms with Crippen molar-refractivity contribution in [2.24, 2.45) is 10.2 Å². The second kappa shape index (κ2) is 7.17. The summed E-state index contributed by atoms with van der Waals surface area (Å²) in [5.41, 5.74) is -2.32. The number of carbonyl (C=O) groups is 2. The SMILES string of the molecule is O=C(O)CC1SC(=NN=Cc2cc(F)c(C(F)(F)F)c(F)c2)NC1=O. The summed E-state index contributed by atoms with van der Waals surface area (Å²) in [5.74, 6) is -5.38. The van der Waals surface area contributed by atoms with Gasteiger partial charge in [-0.2, -0.15) is 18.3 Å². The van der Waals surface area contributed by atoms with Crippen LogP contribution in [0.15, 0.2) is 22.3 Å². The molecule has 12 heteroatoms. The number of carbonyl (C=O) groups excluding carboxylic acids is 1. The van der Waals surface area contributed by atoms with E-state index in [4.69, 9.17) is 5.11 Å². The number of alkyl halides is 3. The Labute approximate surface area is 140 Å². The molecule has 1 aliphatic rings. The molecule has 0 radical (unpaired) electrons. The van der Waals surface area contributed by atoms with Crippen LogP contribution in [0.5, 0.6) is 0 Å². The summed E-state index contributed by atoms with van der Waals surface area (Å²) < 4.78 is 64.1. The first-order valence-electron chi connectivity index (χ1n) is 6.44. The number of nitrogens with zero attached hydrogens (tertiary/aromatic N) is 2. The number of amidine groups is 1. The molecule has 6 nitrogen and oxygen atoms in total. The molecule has 1 fully saturated rings. The Balaban J connectivity index is 2.13. The van der Waals surface area contributed by atoms with Crippen LogP contribution < -0.4 is 5.32 Å². The Bertz CT molecular complexity index is 756. The van der Waals surface area contributed by atoms with Crippen LogP contribution in [0.1, 0.15) is 17.5 Å². The molecule has 1 atom stereocenters. The molecule has 0 bridgehead atoms. The van der Waals surface area contributed by atoms with E-state index in [0.29, 0.717) is 12.1 Å². The zero-order valence-electron chi connectivity index (χ0n) is 12.0. The maximum Gasteiger partial charge on any atom is 0.422 e. The maximum absolute atomic E-state index is 13.4. The van der Waals surface area contributed by atoms with E-state index in [9.17, 15) is 31.5 Å². The largest absolute Gasteiger partial charge is 0.481 e. The summed E-state index contributed by atoms with van der Waals surface area (Å²) in [7, 11) is 0. The number of halogens is 5. The second-order valence-electron chi connectivity index (χ2n) is 4.70. The van der Waals surface area contributed by atoms with Gasteiger partial charge in [0.15, 0.2) is 5.17 Å². The van der Waals surface area contributed by atoms with E-state index < -0.39 is 46.9 Å². The van der Waals surface area contributed by atoms with E-state index in [1.165, 1.54) is 0 Å². The van der Waals surface area contributed by atoms with E-state index in [1.54, 1.807) is 0 Å². The van der Waals surface area contributed by atoms with Crippen molar-refractivity contribution in [2.45, 2.75) is 17.8 Å². The van der Waals surface area contributed by atoms with Crippen LogP contribution in [0.25, 0.3) is 0 Å². The highest BCUT2D eigenvalue weighted by atomic mass is 32.2. The minimum Gasteiger partial charge on any atom is -0.481 e. The number of hydrogen-bond donors (Lipinski definition) is 2. The van der Waals surface area contributed by atoms with Gasteiger partial charge in [0, 0.05) is 5.56 Å². The van der Waals surface area contributed by atoms with Crippen molar-refractivity contribution in [3.8, 4) is 0 Å². The van der Waals surface area contributed by atoms with Crippen molar-refractivity contribution < 1.29 is 36.6 Å². The minimum absolute atomic E-state index is 0.0413. The quantitative estimate of drug-likeness (QED) is 0.476. The molecular formula is C13H8F5N3O3S. The molecule has 1 aromatic rings. The van der Waals surface area contributed by atoms with Gasteiger partial charge >= 0.3 is 12.1 Å². The van der Waals surface area contributed by atoms with Gasteiger partial charge in [-0.3, -0.25) is 9.59 Å². The lowest BCUT2D eigenvalue weighted by molar-refractivity contribution is -0.142. The number of nitrogens with one attached hydrogen (secondary N) is 1. The van der Waals surface area contributed by atoms with Gasteiger partial charge in [0.05, 0.1) is 12.6 Å². The van der Waals surface area contributed by atoms with Gasteiger partial charge in [-0.25, -0.2) is 8.78 Å². The first-order chi connectivity index (χ1) is 11.6. The fourth-order valence-corrected chi connectivity index (χ4v) is 2.75. The van der Waals surface area contributed by atoms with Crippen LogP contribution in [0, 0.1) is 11.6 Å². The first kappa shape index (κ1) is 18.8. The maximum atomic E-state index is 13.4. The molecule has 134 valence electrons. The van der Waals surface area contributed by atoms with E-state index >= 15 is 0 Å². The molecule has 2 N–H and O–H groups in total. The number of thioether (sulfide) groups is 1. The summed E-state index contributed by atoms with van der Waals surface area (Å²) in [6, 6.07) is 0.867. The van der Waals surface area contributed by atoms with E-state index in [1.807, 2.05) is 0 Å². The lowest BCUT2D eigenvalue weighted by Crippen LogP contribution is -2.26. The lowest BCUT2D eigenvalue weighted by atomic mass is 10.1. The molecule has 25 heavy (non-hydrogen) atoms. The molecule has 1 heterocycles. The van der Waals surface area contributed by atoms with Gasteiger partial charge in [0.25, 0.3) is 0 Å². The molecule has 1 aliphatic heterocycles. The summed E-state index contributed by atoms with van der Waals surface area (Å²) in [6.45, 7) is 0. The second-order valence-corrected chi connectivity index (χ2v) is 5.89. The van der Waals surface area contributed by atoms with Gasteiger partial charge in [-0.05, 0) is 12.1 Å². The summed E-state index contributed by atoms with van der Waals surface area (Å²) in [4.78, 5) is 22.0. The molecule has 1 unspecified atom stereocenters. The smallest absolute Gasteiger partial charge is 0.422 e. The molecule has 1 amide bonds. The zero-order chi connectivity index (χ0) is 18.8. The van der Waals surface area contributed by atoms with Crippen molar-refractivity contribution in [1.82, 2.24) is 5.32 Å². The van der Waals surface area contributed by atoms with Gasteiger partial charge in [0.1, 0.15) is 22.4 Å². The van der Waals surface area contributed by atoms with Crippen LogP contribution in [-0.2, 0) is 15.8 Å². The molecule has 2 rings (SSSR count). The number of amides is 1. The van der Waals surface area contributed by atoms with Crippen molar-refractivity contribution in [2.75, 3.05) is 0 Å². The Morgan fingerprint density at radius 2 is 1.92 bits per heavy atom. The predicted octanol–water partition coefficient (Wildman–Crippen LogP) is 2.38. The van der Waals surface area contributed by atoms with Crippen LogP contribution in [-0.4, -0.2) is 33.6 Å². The molecular weight excluding hydrogens is 373 g/mol. The Kier molecular flexibility index (Phi) is 5.40. The molecule has 1 aromatic carbocycles. The third-order valence-corrected chi connectivity index (χ3v) is 3.91. The summed E-state index contributed by atoms with van der Waals surface area (Å²) >= 11 is 0.792. The highest BCUT2D eigenvalue weighted by Crippen LogP contribution is 2.33. The number of carboxylic acid groups (broad SMARTS) is 1. The Hall–Kier alpha value is -2.50. The fraction of sp³-hybridized carbons (Fsp3) is 0.231. The van der Waals surface area contributed by atoms with Crippen LogP contribution in [0.3, 0.4) is 0 Å². The van der Waals surface area contributed by atoms with E-state index in [2.05, 4.69) is 15.5 Å². The van der Waals surface area contributed by atoms with Crippen molar-refractivity contribution in [3.63, 3.8) is 0 Å². The average Bonchev–Trinajstić information content (AvgIpc) is 2.75. The van der Waals surface area contributed by atoms with Crippen LogP contribution in [0.4, 0.5) is 22.0 Å². The number of aliphatic carboxylic acids is 1. The molecule has 0 aliphatic carbocycles. The standard InChI is InChI=1S/C13H8F5N3O3S/c14-6-1-5(2-7(15)10(6)13(16,17)18)4-19-21-12-20-11(24)8(25-12)3-9(22)23/h1-2,4,8H,3H2,(H,22,23)(H,20,21,24). The Morgan fingerprint density at radius 3 is 2.44 bits per heavy atom. The van der Waals surface area contributed by atoms with Gasteiger partial charge in [-0.15, -0.1) is 5.10 Å². The van der Waals surface area contributed by atoms with Gasteiger partial charge in [0.2, 0.25) is 5.91 Å². The number of rotatable bonds is 4.